The Kier molecular flexibility index (Phi) is 3.56. The molecule has 0 saturated carbocycles. The summed E-state index contributed by atoms with van der Waals surface area (Å²) in [5.41, 5.74) is 7.08. The van der Waals surface area contributed by atoms with Gasteiger partial charge >= 0.3 is 0 Å². The first-order chi connectivity index (χ1) is 7.70. The van der Waals surface area contributed by atoms with E-state index in [1.807, 2.05) is 18.2 Å². The summed E-state index contributed by atoms with van der Waals surface area (Å²) in [4.78, 5) is 2.28. The third-order valence-corrected chi connectivity index (χ3v) is 3.25. The number of benzene rings is 1. The van der Waals surface area contributed by atoms with Crippen LogP contribution in [0, 0.1) is 0 Å². The maximum atomic E-state index is 6.10. The zero-order valence-corrected chi connectivity index (χ0v) is 10.2. The van der Waals surface area contributed by atoms with Crippen LogP contribution in [0.2, 0.25) is 5.02 Å². The van der Waals surface area contributed by atoms with E-state index in [2.05, 4.69) is 4.90 Å². The van der Waals surface area contributed by atoms with Crippen LogP contribution in [0.25, 0.3) is 0 Å². The van der Waals surface area contributed by atoms with E-state index >= 15 is 0 Å². The summed E-state index contributed by atoms with van der Waals surface area (Å²) >= 11 is 6.10. The predicted molar refractivity (Wildman–Crippen MR) is 67.4 cm³/mol. The van der Waals surface area contributed by atoms with Crippen LogP contribution in [-0.4, -0.2) is 26.2 Å². The van der Waals surface area contributed by atoms with E-state index < -0.39 is 0 Å². The Labute approximate surface area is 101 Å². The number of piperidine rings is 1. The smallest absolute Gasteiger partial charge is 0.137 e. The van der Waals surface area contributed by atoms with Gasteiger partial charge in [0, 0.05) is 24.8 Å². The number of anilines is 1. The number of methoxy groups -OCH3 is 1. The van der Waals surface area contributed by atoms with Crippen LogP contribution < -0.4 is 15.4 Å². The maximum Gasteiger partial charge on any atom is 0.137 e. The minimum atomic E-state index is 0.273. The summed E-state index contributed by atoms with van der Waals surface area (Å²) in [6, 6.07) is 6.15. The molecule has 1 saturated heterocycles. The monoisotopic (exact) mass is 240 g/mol. The summed E-state index contributed by atoms with van der Waals surface area (Å²) in [6.07, 6.45) is 2.26. The number of halogens is 1. The molecule has 1 heterocycles. The van der Waals surface area contributed by atoms with E-state index in [9.17, 15) is 0 Å². The van der Waals surface area contributed by atoms with E-state index in [0.29, 0.717) is 10.8 Å². The molecule has 1 aromatic carbocycles. The minimum absolute atomic E-state index is 0.273. The van der Waals surface area contributed by atoms with Gasteiger partial charge in [-0.3, -0.25) is 0 Å². The third-order valence-electron chi connectivity index (χ3n) is 2.96. The fourth-order valence-corrected chi connectivity index (χ4v) is 2.35. The van der Waals surface area contributed by atoms with E-state index in [-0.39, 0.29) is 6.04 Å². The Morgan fingerprint density at radius 3 is 2.94 bits per heavy atom. The second-order valence-electron chi connectivity index (χ2n) is 4.17. The van der Waals surface area contributed by atoms with Crippen molar-refractivity contribution in [2.24, 2.45) is 5.73 Å². The van der Waals surface area contributed by atoms with Crippen LogP contribution in [0.1, 0.15) is 12.8 Å². The molecular formula is C12H17ClN2O. The van der Waals surface area contributed by atoms with Gasteiger partial charge in [-0.2, -0.15) is 0 Å². The van der Waals surface area contributed by atoms with Crippen molar-refractivity contribution in [3.8, 4) is 5.75 Å². The summed E-state index contributed by atoms with van der Waals surface area (Å²) in [7, 11) is 1.62. The molecule has 2 rings (SSSR count). The molecule has 3 nitrogen and oxygen atoms in total. The van der Waals surface area contributed by atoms with Gasteiger partial charge in [-0.25, -0.2) is 0 Å². The summed E-state index contributed by atoms with van der Waals surface area (Å²) in [5, 5.41) is 0.652. The molecule has 1 aliphatic rings. The van der Waals surface area contributed by atoms with Crippen molar-refractivity contribution in [2.75, 3.05) is 25.1 Å². The Balaban J connectivity index is 2.17. The molecule has 1 aromatic rings. The molecule has 1 aliphatic heterocycles. The third kappa shape index (κ3) is 2.42. The molecule has 1 fully saturated rings. The number of nitrogens with two attached hydrogens (primary N) is 1. The highest BCUT2D eigenvalue weighted by Gasteiger charge is 2.17. The minimum Gasteiger partial charge on any atom is -0.495 e. The van der Waals surface area contributed by atoms with Crippen molar-refractivity contribution < 1.29 is 4.74 Å². The first-order valence-corrected chi connectivity index (χ1v) is 5.92. The fraction of sp³-hybridized carbons (Fsp3) is 0.500. The Hall–Kier alpha value is -0.930. The maximum absolute atomic E-state index is 6.10. The molecule has 4 heteroatoms. The van der Waals surface area contributed by atoms with Crippen molar-refractivity contribution in [1.29, 1.82) is 0 Å². The van der Waals surface area contributed by atoms with Crippen LogP contribution >= 0.6 is 11.6 Å². The highest BCUT2D eigenvalue weighted by Crippen LogP contribution is 2.30. The quantitative estimate of drug-likeness (QED) is 0.862. The Bertz CT molecular complexity index is 370. The van der Waals surface area contributed by atoms with E-state index in [1.165, 1.54) is 0 Å². The van der Waals surface area contributed by atoms with Crippen molar-refractivity contribution in [2.45, 2.75) is 18.9 Å². The van der Waals surface area contributed by atoms with Gasteiger partial charge in [0.1, 0.15) is 5.75 Å². The largest absolute Gasteiger partial charge is 0.495 e. The molecular weight excluding hydrogens is 224 g/mol. The molecule has 0 radical (unpaired) electrons. The van der Waals surface area contributed by atoms with Crippen molar-refractivity contribution in [3.63, 3.8) is 0 Å². The van der Waals surface area contributed by atoms with Crippen molar-refractivity contribution >= 4 is 17.3 Å². The first kappa shape index (κ1) is 11.6. The van der Waals surface area contributed by atoms with Crippen LogP contribution in [0.3, 0.4) is 0 Å². The average Bonchev–Trinajstić information content (AvgIpc) is 2.29. The summed E-state index contributed by atoms with van der Waals surface area (Å²) in [6.45, 7) is 1.96. The SMILES string of the molecule is COc1ccc(N2CCC[C@H](N)C2)cc1Cl. The van der Waals surface area contributed by atoms with Crippen molar-refractivity contribution in [3.05, 3.63) is 23.2 Å². The normalized spacial score (nSPS) is 20.9. The van der Waals surface area contributed by atoms with Crippen molar-refractivity contribution in [1.82, 2.24) is 0 Å². The molecule has 16 heavy (non-hydrogen) atoms. The van der Waals surface area contributed by atoms with Gasteiger partial charge in [0.05, 0.1) is 12.1 Å². The molecule has 0 spiro atoms. The van der Waals surface area contributed by atoms with E-state index in [1.54, 1.807) is 7.11 Å². The number of ether oxygens (including phenoxy) is 1. The van der Waals surface area contributed by atoms with Crippen LogP contribution in [0.5, 0.6) is 5.75 Å². The second-order valence-corrected chi connectivity index (χ2v) is 4.57. The predicted octanol–water partition coefficient (Wildman–Crippen LogP) is 2.28. The van der Waals surface area contributed by atoms with Gasteiger partial charge in [0.2, 0.25) is 0 Å². The number of rotatable bonds is 2. The zero-order chi connectivity index (χ0) is 11.5. The zero-order valence-electron chi connectivity index (χ0n) is 9.45. The lowest BCUT2D eigenvalue weighted by Gasteiger charge is -2.32. The fourth-order valence-electron chi connectivity index (χ4n) is 2.10. The van der Waals surface area contributed by atoms with E-state index in [4.69, 9.17) is 22.1 Å². The Morgan fingerprint density at radius 1 is 1.50 bits per heavy atom. The highest BCUT2D eigenvalue weighted by atomic mass is 35.5. The second kappa shape index (κ2) is 4.93. The number of hydrogen-bond acceptors (Lipinski definition) is 3. The van der Waals surface area contributed by atoms with Gasteiger partial charge in [-0.05, 0) is 31.0 Å². The van der Waals surface area contributed by atoms with Gasteiger partial charge < -0.3 is 15.4 Å². The van der Waals surface area contributed by atoms with Gasteiger partial charge in [-0.1, -0.05) is 11.6 Å². The molecule has 88 valence electrons. The average molecular weight is 241 g/mol. The molecule has 0 unspecified atom stereocenters. The van der Waals surface area contributed by atoms with E-state index in [0.717, 1.165) is 31.6 Å². The summed E-state index contributed by atoms with van der Waals surface area (Å²) < 4.78 is 5.13. The van der Waals surface area contributed by atoms with Crippen LogP contribution in [0.15, 0.2) is 18.2 Å². The van der Waals surface area contributed by atoms with Gasteiger partial charge in [0.15, 0.2) is 0 Å². The van der Waals surface area contributed by atoms with Gasteiger partial charge in [0.25, 0.3) is 0 Å². The molecule has 0 amide bonds. The molecule has 2 N–H and O–H groups in total. The molecule has 0 aliphatic carbocycles. The topological polar surface area (TPSA) is 38.5 Å². The lowest BCUT2D eigenvalue weighted by molar-refractivity contribution is 0.415. The van der Waals surface area contributed by atoms with Crippen LogP contribution in [-0.2, 0) is 0 Å². The number of nitrogens with zero attached hydrogens (tertiary/aromatic N) is 1. The molecule has 1 atom stereocenters. The molecule has 0 bridgehead atoms. The standard InChI is InChI=1S/C12H17ClN2O/c1-16-12-5-4-10(7-11(12)13)15-6-2-3-9(14)8-15/h4-5,7,9H,2-3,6,8,14H2,1H3/t9-/m0/s1. The number of hydrogen-bond donors (Lipinski definition) is 1. The lowest BCUT2D eigenvalue weighted by Crippen LogP contribution is -2.42. The molecule has 0 aromatic heterocycles. The van der Waals surface area contributed by atoms with Gasteiger partial charge in [-0.15, -0.1) is 0 Å². The lowest BCUT2D eigenvalue weighted by atomic mass is 10.1. The summed E-state index contributed by atoms with van der Waals surface area (Å²) in [5.74, 6) is 0.715. The van der Waals surface area contributed by atoms with Crippen LogP contribution in [0.4, 0.5) is 5.69 Å². The first-order valence-electron chi connectivity index (χ1n) is 5.55. The highest BCUT2D eigenvalue weighted by molar-refractivity contribution is 6.32. The Morgan fingerprint density at radius 2 is 2.31 bits per heavy atom.